The van der Waals surface area contributed by atoms with Crippen LogP contribution in [0.25, 0.3) is 0 Å². The van der Waals surface area contributed by atoms with E-state index in [9.17, 15) is 5.11 Å². The standard InChI is InChI=1S/C23H22O4.C2H6/c1-25-20-14-12-17(13-15-20)22-26-16-21(27-22)23(24,18-8-4-2-5-9-18)19-10-6-3-7-11-19;1-2/h2-15,21-22,24H,16H2,1H3;1-2H3. The van der Waals surface area contributed by atoms with Gasteiger partial charge < -0.3 is 19.3 Å². The molecule has 4 rings (SSSR count). The average Bonchev–Trinajstić information content (AvgIpc) is 3.32. The number of methoxy groups -OCH3 is 1. The molecule has 3 aromatic carbocycles. The molecule has 4 nitrogen and oxygen atoms in total. The Morgan fingerprint density at radius 3 is 1.83 bits per heavy atom. The number of hydrogen-bond donors (Lipinski definition) is 1. The molecule has 1 fully saturated rings. The highest BCUT2D eigenvalue weighted by Crippen LogP contribution is 2.41. The average molecular weight is 392 g/mol. The van der Waals surface area contributed by atoms with Gasteiger partial charge >= 0.3 is 0 Å². The van der Waals surface area contributed by atoms with E-state index in [2.05, 4.69) is 0 Å². The smallest absolute Gasteiger partial charge is 0.184 e. The van der Waals surface area contributed by atoms with Crippen molar-refractivity contribution >= 4 is 0 Å². The van der Waals surface area contributed by atoms with Gasteiger partial charge in [-0.2, -0.15) is 0 Å². The van der Waals surface area contributed by atoms with Crippen LogP contribution in [0, 0.1) is 0 Å². The SMILES string of the molecule is CC.COc1ccc(C2OCC(C(O)(c3ccccc3)c3ccccc3)O2)cc1. The van der Waals surface area contributed by atoms with Crippen molar-refractivity contribution in [2.24, 2.45) is 0 Å². The molecule has 2 atom stereocenters. The fourth-order valence-corrected chi connectivity index (χ4v) is 3.48. The van der Waals surface area contributed by atoms with Crippen LogP contribution >= 0.6 is 0 Å². The summed E-state index contributed by atoms with van der Waals surface area (Å²) < 4.78 is 17.3. The number of rotatable bonds is 5. The number of hydrogen-bond acceptors (Lipinski definition) is 4. The van der Waals surface area contributed by atoms with Crippen LogP contribution in [0.15, 0.2) is 84.9 Å². The molecule has 0 aromatic heterocycles. The minimum absolute atomic E-state index is 0.289. The second-order valence-electron chi connectivity index (χ2n) is 6.56. The fourth-order valence-electron chi connectivity index (χ4n) is 3.48. The highest BCUT2D eigenvalue weighted by atomic mass is 16.7. The maximum atomic E-state index is 11.8. The van der Waals surface area contributed by atoms with Crippen LogP contribution in [0.5, 0.6) is 5.75 Å². The first-order chi connectivity index (χ1) is 14.2. The summed E-state index contributed by atoms with van der Waals surface area (Å²) in [7, 11) is 1.63. The molecule has 29 heavy (non-hydrogen) atoms. The third-order valence-electron chi connectivity index (χ3n) is 4.97. The van der Waals surface area contributed by atoms with Crippen molar-refractivity contribution in [2.45, 2.75) is 31.8 Å². The van der Waals surface area contributed by atoms with Crippen molar-refractivity contribution in [1.29, 1.82) is 0 Å². The topological polar surface area (TPSA) is 47.9 Å². The number of ether oxygens (including phenoxy) is 3. The second kappa shape index (κ2) is 9.70. The quantitative estimate of drug-likeness (QED) is 0.658. The van der Waals surface area contributed by atoms with E-state index in [1.165, 1.54) is 0 Å². The lowest BCUT2D eigenvalue weighted by Crippen LogP contribution is -2.42. The lowest BCUT2D eigenvalue weighted by Gasteiger charge is -2.34. The van der Waals surface area contributed by atoms with Crippen molar-refractivity contribution in [3.05, 3.63) is 102 Å². The molecule has 0 amide bonds. The normalized spacial score (nSPS) is 18.6. The first-order valence-electron chi connectivity index (χ1n) is 9.96. The first kappa shape index (κ1) is 21.1. The van der Waals surface area contributed by atoms with Crippen LogP contribution in [-0.4, -0.2) is 24.9 Å². The summed E-state index contributed by atoms with van der Waals surface area (Å²) in [5.74, 6) is 0.776. The van der Waals surface area contributed by atoms with Gasteiger partial charge in [0.1, 0.15) is 17.5 Å². The molecule has 0 saturated carbocycles. The molecule has 0 bridgehead atoms. The van der Waals surface area contributed by atoms with E-state index in [0.717, 1.165) is 22.4 Å². The van der Waals surface area contributed by atoms with Gasteiger partial charge in [0.25, 0.3) is 0 Å². The zero-order valence-corrected chi connectivity index (χ0v) is 17.1. The minimum atomic E-state index is -1.30. The highest BCUT2D eigenvalue weighted by molar-refractivity contribution is 5.38. The van der Waals surface area contributed by atoms with Gasteiger partial charge in [-0.05, 0) is 23.3 Å². The predicted molar refractivity (Wildman–Crippen MR) is 114 cm³/mol. The third-order valence-corrected chi connectivity index (χ3v) is 4.97. The van der Waals surface area contributed by atoms with Crippen molar-refractivity contribution in [2.75, 3.05) is 13.7 Å². The summed E-state index contributed by atoms with van der Waals surface area (Å²) in [6.45, 7) is 4.29. The van der Waals surface area contributed by atoms with E-state index in [1.54, 1.807) is 7.11 Å². The fraction of sp³-hybridized carbons (Fsp3) is 0.280. The van der Waals surface area contributed by atoms with Crippen LogP contribution in [-0.2, 0) is 15.1 Å². The molecule has 0 aliphatic carbocycles. The Kier molecular flexibility index (Phi) is 7.04. The van der Waals surface area contributed by atoms with Crippen molar-refractivity contribution in [1.82, 2.24) is 0 Å². The Labute approximate surface area is 172 Å². The van der Waals surface area contributed by atoms with E-state index in [1.807, 2.05) is 98.8 Å². The van der Waals surface area contributed by atoms with Crippen molar-refractivity contribution in [3.8, 4) is 5.75 Å². The molecule has 4 heteroatoms. The molecule has 152 valence electrons. The Balaban J connectivity index is 0.00000117. The van der Waals surface area contributed by atoms with Gasteiger partial charge in [0.15, 0.2) is 6.29 Å². The van der Waals surface area contributed by atoms with Gasteiger partial charge in [-0.25, -0.2) is 0 Å². The van der Waals surface area contributed by atoms with E-state index in [0.29, 0.717) is 0 Å². The van der Waals surface area contributed by atoms with Crippen LogP contribution in [0.4, 0.5) is 0 Å². The number of benzene rings is 3. The Morgan fingerprint density at radius 1 is 0.828 bits per heavy atom. The van der Waals surface area contributed by atoms with E-state index >= 15 is 0 Å². The minimum Gasteiger partial charge on any atom is -0.497 e. The van der Waals surface area contributed by atoms with Crippen LogP contribution in [0.3, 0.4) is 0 Å². The van der Waals surface area contributed by atoms with E-state index in [4.69, 9.17) is 14.2 Å². The predicted octanol–water partition coefficient (Wildman–Crippen LogP) is 5.07. The maximum absolute atomic E-state index is 11.8. The lowest BCUT2D eigenvalue weighted by molar-refractivity contribution is -0.109. The molecule has 0 spiro atoms. The molecular formula is C25H28O4. The highest BCUT2D eigenvalue weighted by Gasteiger charge is 2.46. The van der Waals surface area contributed by atoms with Gasteiger partial charge in [0, 0.05) is 5.56 Å². The van der Waals surface area contributed by atoms with Crippen molar-refractivity contribution in [3.63, 3.8) is 0 Å². The molecule has 1 N–H and O–H groups in total. The summed E-state index contributed by atoms with van der Waals surface area (Å²) in [4.78, 5) is 0. The third kappa shape index (κ3) is 4.35. The zero-order valence-electron chi connectivity index (χ0n) is 17.1. The molecule has 2 unspecified atom stereocenters. The summed E-state index contributed by atoms with van der Waals surface area (Å²) in [5.41, 5.74) is 1.14. The van der Waals surface area contributed by atoms with Crippen molar-refractivity contribution < 1.29 is 19.3 Å². The molecule has 1 heterocycles. The molecule has 1 saturated heterocycles. The van der Waals surface area contributed by atoms with Crippen LogP contribution in [0.2, 0.25) is 0 Å². The van der Waals surface area contributed by atoms with Crippen LogP contribution in [0.1, 0.15) is 36.8 Å². The summed E-state index contributed by atoms with van der Waals surface area (Å²) >= 11 is 0. The summed E-state index contributed by atoms with van der Waals surface area (Å²) in [5, 5.41) is 11.8. The van der Waals surface area contributed by atoms with Gasteiger partial charge in [-0.1, -0.05) is 86.6 Å². The second-order valence-corrected chi connectivity index (χ2v) is 6.56. The Bertz CT molecular complexity index is 823. The summed E-state index contributed by atoms with van der Waals surface area (Å²) in [6, 6.07) is 26.8. The molecular weight excluding hydrogens is 364 g/mol. The zero-order chi connectivity index (χ0) is 20.7. The van der Waals surface area contributed by atoms with Crippen LogP contribution < -0.4 is 4.74 Å². The maximum Gasteiger partial charge on any atom is 0.184 e. The van der Waals surface area contributed by atoms with Gasteiger partial charge in [-0.15, -0.1) is 0 Å². The molecule has 0 radical (unpaired) electrons. The largest absolute Gasteiger partial charge is 0.497 e. The van der Waals surface area contributed by atoms with Gasteiger partial charge in [0.2, 0.25) is 0 Å². The molecule has 1 aliphatic heterocycles. The Hall–Kier alpha value is -2.66. The van der Waals surface area contributed by atoms with Gasteiger partial charge in [-0.3, -0.25) is 0 Å². The molecule has 3 aromatic rings. The van der Waals surface area contributed by atoms with E-state index < -0.39 is 18.0 Å². The monoisotopic (exact) mass is 392 g/mol. The summed E-state index contributed by atoms with van der Waals surface area (Å²) in [6.07, 6.45) is -1.06. The number of aliphatic hydroxyl groups is 1. The Morgan fingerprint density at radius 2 is 1.34 bits per heavy atom. The molecule has 1 aliphatic rings. The van der Waals surface area contributed by atoms with E-state index in [-0.39, 0.29) is 6.61 Å². The lowest BCUT2D eigenvalue weighted by atomic mass is 9.82. The first-order valence-corrected chi connectivity index (χ1v) is 9.96. The van der Waals surface area contributed by atoms with Gasteiger partial charge in [0.05, 0.1) is 13.7 Å².